The maximum absolute atomic E-state index is 13.4. The number of hydrogen-bond donors (Lipinski definition) is 3. The minimum atomic E-state index is -4.30. The first-order chi connectivity index (χ1) is 17.2. The lowest BCUT2D eigenvalue weighted by Crippen LogP contribution is -2.57. The Labute approximate surface area is 223 Å². The van der Waals surface area contributed by atoms with E-state index >= 15 is 0 Å². The summed E-state index contributed by atoms with van der Waals surface area (Å²) in [6.45, 7) is 2.11. The van der Waals surface area contributed by atoms with Crippen LogP contribution in [0.3, 0.4) is 0 Å². The molecular weight excluding hydrogens is 549 g/mol. The Morgan fingerprint density at radius 2 is 1.86 bits per heavy atom. The zero-order chi connectivity index (χ0) is 25.9. The summed E-state index contributed by atoms with van der Waals surface area (Å²) in [5.41, 5.74) is 0.301. The Kier molecular flexibility index (Phi) is 8.53. The summed E-state index contributed by atoms with van der Waals surface area (Å²) in [6.07, 6.45) is 1.02. The van der Waals surface area contributed by atoms with Gasteiger partial charge in [0.1, 0.15) is 10.9 Å². The molecule has 0 bridgehead atoms. The van der Waals surface area contributed by atoms with Crippen LogP contribution in [0, 0.1) is 0 Å². The molecule has 3 N–H and O–H groups in total. The van der Waals surface area contributed by atoms with Gasteiger partial charge in [0.25, 0.3) is 5.91 Å². The van der Waals surface area contributed by atoms with E-state index in [1.165, 1.54) is 17.0 Å². The number of halogens is 2. The molecule has 1 aromatic carbocycles. The summed E-state index contributed by atoms with van der Waals surface area (Å²) in [7, 11) is -4.30. The second-order valence-corrected chi connectivity index (χ2v) is 12.1. The van der Waals surface area contributed by atoms with Crippen molar-refractivity contribution in [2.45, 2.75) is 23.8 Å². The normalized spacial score (nSPS) is 17.3. The van der Waals surface area contributed by atoms with Gasteiger partial charge in [-0.25, -0.2) is 8.42 Å². The van der Waals surface area contributed by atoms with Crippen molar-refractivity contribution in [3.05, 3.63) is 44.6 Å². The van der Waals surface area contributed by atoms with Crippen LogP contribution < -0.4 is 20.3 Å². The maximum Gasteiger partial charge on any atom is 0.261 e. The summed E-state index contributed by atoms with van der Waals surface area (Å²) in [5, 5.41) is 5.65. The first-order valence-electron chi connectivity index (χ1n) is 11.3. The lowest BCUT2D eigenvalue weighted by Gasteiger charge is -2.31. The van der Waals surface area contributed by atoms with Crippen molar-refractivity contribution < 1.29 is 22.8 Å². The smallest absolute Gasteiger partial charge is 0.261 e. The third kappa shape index (κ3) is 6.01. The van der Waals surface area contributed by atoms with E-state index in [1.807, 2.05) is 0 Å². The third-order valence-corrected chi connectivity index (χ3v) is 9.14. The minimum Gasteiger partial charge on any atom is -0.349 e. The predicted molar refractivity (Wildman–Crippen MR) is 138 cm³/mol. The van der Waals surface area contributed by atoms with Crippen LogP contribution in [-0.4, -0.2) is 76.3 Å². The number of carbonyl (C=O) groups excluding carboxylic acids is 3. The molecule has 10 nitrogen and oxygen atoms in total. The topological polar surface area (TPSA) is 128 Å². The Morgan fingerprint density at radius 1 is 1.11 bits per heavy atom. The Bertz CT molecular complexity index is 1260. The van der Waals surface area contributed by atoms with Gasteiger partial charge in [-0.3, -0.25) is 14.4 Å². The number of hydrogen-bond acceptors (Lipinski definition) is 7. The molecule has 4 rings (SSSR count). The second-order valence-electron chi connectivity index (χ2n) is 8.30. The number of anilines is 1. The van der Waals surface area contributed by atoms with Crippen molar-refractivity contribution in [1.82, 2.24) is 20.3 Å². The van der Waals surface area contributed by atoms with E-state index in [0.717, 1.165) is 11.3 Å². The first-order valence-corrected chi connectivity index (χ1v) is 14.4. The SMILES string of the molecule is O=C(NC[C@H](NS(=O)(=O)c1cccc(N2CCCC2=O)c1Cl)C(=O)N1CCNCC1)c1ccc(Cl)s1. The Morgan fingerprint density at radius 3 is 2.50 bits per heavy atom. The first kappa shape index (κ1) is 26.8. The van der Waals surface area contributed by atoms with Gasteiger partial charge in [0.2, 0.25) is 21.8 Å². The molecule has 2 aliphatic heterocycles. The van der Waals surface area contributed by atoms with Gasteiger partial charge in [0.15, 0.2) is 0 Å². The highest BCUT2D eigenvalue weighted by Crippen LogP contribution is 2.34. The summed E-state index contributed by atoms with van der Waals surface area (Å²) in [5.74, 6) is -1.08. The Hall–Kier alpha value is -2.22. The molecule has 0 unspecified atom stereocenters. The molecule has 3 heterocycles. The molecule has 0 radical (unpaired) electrons. The van der Waals surface area contributed by atoms with Crippen molar-refractivity contribution >= 4 is 68.0 Å². The van der Waals surface area contributed by atoms with Crippen LogP contribution >= 0.6 is 34.5 Å². The fourth-order valence-corrected chi connectivity index (χ4v) is 6.85. The molecule has 0 spiro atoms. The van der Waals surface area contributed by atoms with Gasteiger partial charge >= 0.3 is 0 Å². The molecule has 0 aliphatic carbocycles. The molecule has 0 saturated carbocycles. The lowest BCUT2D eigenvalue weighted by atomic mass is 10.2. The van der Waals surface area contributed by atoms with Gasteiger partial charge in [0, 0.05) is 45.7 Å². The van der Waals surface area contributed by atoms with Crippen LogP contribution in [0.25, 0.3) is 0 Å². The number of thiophene rings is 1. The Balaban J connectivity index is 1.57. The lowest BCUT2D eigenvalue weighted by molar-refractivity contribution is -0.133. The molecular formula is C22H25Cl2N5O5S2. The van der Waals surface area contributed by atoms with Gasteiger partial charge in [-0.05, 0) is 30.7 Å². The standard InChI is InChI=1S/C22H25Cl2N5O5S2/c23-18-7-6-16(35-18)21(31)26-13-14(22(32)28-11-8-25-9-12-28)27-36(33,34)17-4-1-3-15(20(17)24)29-10-2-5-19(29)30/h1,3-4,6-7,14,25,27H,2,5,8-13H2,(H,26,31)/t14-/m0/s1. The number of carbonyl (C=O) groups is 3. The zero-order valence-electron chi connectivity index (χ0n) is 19.1. The van der Waals surface area contributed by atoms with Gasteiger partial charge in [-0.2, -0.15) is 4.72 Å². The molecule has 36 heavy (non-hydrogen) atoms. The fourth-order valence-electron chi connectivity index (χ4n) is 4.07. The van der Waals surface area contributed by atoms with Gasteiger partial charge in [0.05, 0.1) is 19.9 Å². The van der Waals surface area contributed by atoms with Crippen LogP contribution in [0.15, 0.2) is 35.2 Å². The molecule has 1 aromatic heterocycles. The highest BCUT2D eigenvalue weighted by atomic mass is 35.5. The molecule has 14 heteroatoms. The highest BCUT2D eigenvalue weighted by molar-refractivity contribution is 7.89. The number of sulfonamides is 1. The van der Waals surface area contributed by atoms with Crippen molar-refractivity contribution in [3.63, 3.8) is 0 Å². The number of nitrogens with zero attached hydrogens (tertiary/aromatic N) is 2. The fraction of sp³-hybridized carbons (Fsp3) is 0.409. The number of piperazine rings is 1. The van der Waals surface area contributed by atoms with E-state index in [0.29, 0.717) is 60.5 Å². The monoisotopic (exact) mass is 573 g/mol. The summed E-state index contributed by atoms with van der Waals surface area (Å²) < 4.78 is 29.7. The molecule has 2 saturated heterocycles. The van der Waals surface area contributed by atoms with Gasteiger partial charge < -0.3 is 20.4 Å². The van der Waals surface area contributed by atoms with Crippen LogP contribution in [-0.2, 0) is 19.6 Å². The highest BCUT2D eigenvalue weighted by Gasteiger charge is 2.33. The van der Waals surface area contributed by atoms with E-state index in [2.05, 4.69) is 15.4 Å². The van der Waals surface area contributed by atoms with E-state index in [9.17, 15) is 22.8 Å². The van der Waals surface area contributed by atoms with Crippen LogP contribution in [0.5, 0.6) is 0 Å². The zero-order valence-corrected chi connectivity index (χ0v) is 22.3. The largest absolute Gasteiger partial charge is 0.349 e. The average molecular weight is 575 g/mol. The number of amides is 3. The van der Waals surface area contributed by atoms with Crippen LogP contribution in [0.1, 0.15) is 22.5 Å². The maximum atomic E-state index is 13.4. The van der Waals surface area contributed by atoms with Crippen LogP contribution in [0.4, 0.5) is 5.69 Å². The summed E-state index contributed by atoms with van der Waals surface area (Å²) in [4.78, 5) is 41.1. The quantitative estimate of drug-likeness (QED) is 0.441. The molecule has 2 aromatic rings. The molecule has 194 valence electrons. The van der Waals surface area contributed by atoms with E-state index in [1.54, 1.807) is 23.1 Å². The van der Waals surface area contributed by atoms with E-state index in [4.69, 9.17) is 23.2 Å². The van der Waals surface area contributed by atoms with Crippen molar-refractivity contribution in [1.29, 1.82) is 0 Å². The summed E-state index contributed by atoms with van der Waals surface area (Å²) in [6, 6.07) is 6.24. The number of rotatable bonds is 8. The van der Waals surface area contributed by atoms with Crippen molar-refractivity contribution in [2.75, 3.05) is 44.2 Å². The van der Waals surface area contributed by atoms with Gasteiger partial charge in [-0.15, -0.1) is 11.3 Å². The van der Waals surface area contributed by atoms with Gasteiger partial charge in [-0.1, -0.05) is 29.3 Å². The molecule has 1 atom stereocenters. The van der Waals surface area contributed by atoms with E-state index < -0.39 is 27.9 Å². The average Bonchev–Trinajstić information content (AvgIpc) is 3.49. The van der Waals surface area contributed by atoms with E-state index in [-0.39, 0.29) is 22.4 Å². The molecule has 2 fully saturated rings. The van der Waals surface area contributed by atoms with Crippen molar-refractivity contribution in [2.24, 2.45) is 0 Å². The second kappa shape index (κ2) is 11.4. The molecule has 3 amide bonds. The minimum absolute atomic E-state index is 0.106. The number of nitrogens with one attached hydrogen (secondary N) is 3. The number of benzene rings is 1. The third-order valence-electron chi connectivity index (χ3n) is 5.88. The predicted octanol–water partition coefficient (Wildman–Crippen LogP) is 1.69. The van der Waals surface area contributed by atoms with Crippen LogP contribution in [0.2, 0.25) is 9.36 Å². The van der Waals surface area contributed by atoms with Crippen molar-refractivity contribution in [3.8, 4) is 0 Å². The summed E-state index contributed by atoms with van der Waals surface area (Å²) >= 11 is 13.4. The molecule has 2 aliphatic rings.